The first-order chi connectivity index (χ1) is 18.1. The SMILES string of the molecule is CC(C)CCC[C@@H](C)[C@H]1CC[C@H]2[C@@H]3CC=C4C[C@@H](c5ccccc5/C=C/C(=O)O)CC[C@]4(C)[C@H]3CC[C@]12C. The van der Waals surface area contributed by atoms with E-state index in [9.17, 15) is 4.79 Å². The van der Waals surface area contributed by atoms with Gasteiger partial charge in [0.05, 0.1) is 0 Å². The van der Waals surface area contributed by atoms with E-state index in [0.717, 1.165) is 47.5 Å². The van der Waals surface area contributed by atoms with Gasteiger partial charge in [-0.3, -0.25) is 0 Å². The summed E-state index contributed by atoms with van der Waals surface area (Å²) < 4.78 is 0. The van der Waals surface area contributed by atoms with E-state index >= 15 is 0 Å². The van der Waals surface area contributed by atoms with Gasteiger partial charge in [0.2, 0.25) is 0 Å². The Morgan fingerprint density at radius 3 is 2.58 bits per heavy atom. The van der Waals surface area contributed by atoms with Crippen LogP contribution in [0.2, 0.25) is 0 Å². The summed E-state index contributed by atoms with van der Waals surface area (Å²) in [6, 6.07) is 8.46. The minimum absolute atomic E-state index is 0.355. The Kier molecular flexibility index (Phi) is 8.01. The molecule has 4 aliphatic rings. The number of hydrogen-bond donors (Lipinski definition) is 1. The summed E-state index contributed by atoms with van der Waals surface area (Å²) in [5.41, 5.74) is 5.02. The Morgan fingerprint density at radius 2 is 1.82 bits per heavy atom. The molecule has 2 nitrogen and oxygen atoms in total. The van der Waals surface area contributed by atoms with E-state index in [1.807, 2.05) is 6.07 Å². The maximum Gasteiger partial charge on any atom is 0.328 e. The van der Waals surface area contributed by atoms with E-state index in [0.29, 0.717) is 16.7 Å². The van der Waals surface area contributed by atoms with Crippen LogP contribution in [-0.2, 0) is 4.79 Å². The summed E-state index contributed by atoms with van der Waals surface area (Å²) in [5.74, 6) is 4.88. The topological polar surface area (TPSA) is 37.3 Å². The van der Waals surface area contributed by atoms with Crippen molar-refractivity contribution in [3.8, 4) is 0 Å². The summed E-state index contributed by atoms with van der Waals surface area (Å²) in [7, 11) is 0. The molecule has 8 atom stereocenters. The highest BCUT2D eigenvalue weighted by Crippen LogP contribution is 2.68. The first-order valence-electron chi connectivity index (χ1n) is 15.8. The van der Waals surface area contributed by atoms with Gasteiger partial charge in [0, 0.05) is 6.08 Å². The van der Waals surface area contributed by atoms with Gasteiger partial charge < -0.3 is 5.11 Å². The standard InChI is InChI=1S/C36H52O2/c1-24(2)9-8-10-25(3)31-16-17-32-30-15-14-28-23-27(29-12-7-6-11-26(29)13-18-34(37)38)19-21-35(28,4)33(30)20-22-36(31,32)5/h6-7,11-14,18,24-25,27,30-33H,8-10,15-17,19-23H2,1-5H3,(H,37,38)/b18-13+/t25-,27+,30+,31-,32+,33+,35+,36-/m1/s1. The Hall–Kier alpha value is -1.83. The van der Waals surface area contributed by atoms with E-state index in [1.165, 1.54) is 75.8 Å². The van der Waals surface area contributed by atoms with Crippen LogP contribution in [0.25, 0.3) is 6.08 Å². The van der Waals surface area contributed by atoms with Crippen LogP contribution in [0.1, 0.15) is 122 Å². The summed E-state index contributed by atoms with van der Waals surface area (Å²) in [4.78, 5) is 11.2. The maximum absolute atomic E-state index is 11.2. The molecule has 0 saturated heterocycles. The zero-order valence-electron chi connectivity index (χ0n) is 24.7. The van der Waals surface area contributed by atoms with Crippen molar-refractivity contribution in [2.75, 3.05) is 0 Å². The summed E-state index contributed by atoms with van der Waals surface area (Å²) in [5, 5.41) is 9.17. The fourth-order valence-electron chi connectivity index (χ4n) is 10.1. The second kappa shape index (κ2) is 11.0. The van der Waals surface area contributed by atoms with Crippen molar-refractivity contribution in [2.45, 2.75) is 111 Å². The molecule has 0 spiro atoms. The molecule has 3 fully saturated rings. The number of carbonyl (C=O) groups is 1. The number of fused-ring (bicyclic) bond motifs is 5. The lowest BCUT2D eigenvalue weighted by molar-refractivity contribution is -0.131. The fourth-order valence-corrected chi connectivity index (χ4v) is 10.1. The fraction of sp³-hybridized carbons (Fsp3) is 0.694. The van der Waals surface area contributed by atoms with Crippen LogP contribution < -0.4 is 0 Å². The molecule has 4 aliphatic carbocycles. The van der Waals surface area contributed by atoms with Gasteiger partial charge in [-0.1, -0.05) is 89.8 Å². The summed E-state index contributed by atoms with van der Waals surface area (Å²) >= 11 is 0. The number of hydrogen-bond acceptors (Lipinski definition) is 1. The van der Waals surface area contributed by atoms with E-state index in [2.05, 4.69) is 58.9 Å². The lowest BCUT2D eigenvalue weighted by Crippen LogP contribution is -2.50. The molecule has 0 radical (unpaired) electrons. The molecule has 5 rings (SSSR count). The van der Waals surface area contributed by atoms with Crippen LogP contribution in [-0.4, -0.2) is 11.1 Å². The zero-order chi connectivity index (χ0) is 27.1. The van der Waals surface area contributed by atoms with Crippen LogP contribution in [0.4, 0.5) is 0 Å². The minimum Gasteiger partial charge on any atom is -0.478 e. The van der Waals surface area contributed by atoms with Gasteiger partial charge in [0.1, 0.15) is 0 Å². The van der Waals surface area contributed by atoms with Gasteiger partial charge in [-0.05, 0) is 121 Å². The monoisotopic (exact) mass is 516 g/mol. The maximum atomic E-state index is 11.2. The third kappa shape index (κ3) is 5.06. The van der Waals surface area contributed by atoms with E-state index in [4.69, 9.17) is 5.11 Å². The van der Waals surface area contributed by atoms with Crippen LogP contribution in [0, 0.1) is 46.3 Å². The number of carboxylic acids is 1. The molecular weight excluding hydrogens is 464 g/mol. The number of carboxylic acid groups (broad SMARTS) is 1. The first-order valence-corrected chi connectivity index (χ1v) is 15.8. The third-order valence-corrected chi connectivity index (χ3v) is 12.1. The molecule has 2 heteroatoms. The Morgan fingerprint density at radius 1 is 1.03 bits per heavy atom. The highest BCUT2D eigenvalue weighted by Gasteiger charge is 2.59. The highest BCUT2D eigenvalue weighted by atomic mass is 16.4. The van der Waals surface area contributed by atoms with Crippen molar-refractivity contribution in [1.82, 2.24) is 0 Å². The van der Waals surface area contributed by atoms with Gasteiger partial charge in [0.15, 0.2) is 0 Å². The van der Waals surface area contributed by atoms with Gasteiger partial charge in [-0.2, -0.15) is 0 Å². The van der Waals surface area contributed by atoms with Crippen LogP contribution in [0.3, 0.4) is 0 Å². The minimum atomic E-state index is -0.875. The lowest BCUT2D eigenvalue weighted by Gasteiger charge is -2.58. The summed E-state index contributed by atoms with van der Waals surface area (Å²) in [6.07, 6.45) is 20.7. The normalized spacial score (nSPS) is 37.4. The van der Waals surface area contributed by atoms with Gasteiger partial charge in [0.25, 0.3) is 0 Å². The molecule has 0 amide bonds. The van der Waals surface area contributed by atoms with E-state index in [-0.39, 0.29) is 0 Å². The zero-order valence-corrected chi connectivity index (χ0v) is 24.7. The van der Waals surface area contributed by atoms with Crippen molar-refractivity contribution >= 4 is 12.0 Å². The molecule has 1 aromatic carbocycles. The van der Waals surface area contributed by atoms with Gasteiger partial charge in [-0.15, -0.1) is 0 Å². The smallest absolute Gasteiger partial charge is 0.328 e. The molecule has 0 aliphatic heterocycles. The molecule has 208 valence electrons. The third-order valence-electron chi connectivity index (χ3n) is 12.1. The average Bonchev–Trinajstić information content (AvgIpc) is 3.24. The van der Waals surface area contributed by atoms with Gasteiger partial charge in [-0.25, -0.2) is 4.79 Å². The number of benzene rings is 1. The molecule has 0 heterocycles. The summed E-state index contributed by atoms with van der Waals surface area (Å²) in [6.45, 7) is 12.6. The van der Waals surface area contributed by atoms with Crippen molar-refractivity contribution < 1.29 is 9.90 Å². The quantitative estimate of drug-likeness (QED) is 0.276. The second-order valence-electron chi connectivity index (χ2n) is 14.5. The number of rotatable bonds is 8. The second-order valence-corrected chi connectivity index (χ2v) is 14.5. The Bertz CT molecular complexity index is 1060. The molecule has 0 bridgehead atoms. The molecule has 0 unspecified atom stereocenters. The first kappa shape index (κ1) is 27.7. The van der Waals surface area contributed by atoms with Crippen LogP contribution in [0.15, 0.2) is 42.0 Å². The molecular formula is C36H52O2. The predicted molar refractivity (Wildman–Crippen MR) is 159 cm³/mol. The predicted octanol–water partition coefficient (Wildman–Crippen LogP) is 9.91. The van der Waals surface area contributed by atoms with Crippen molar-refractivity contribution in [1.29, 1.82) is 0 Å². The van der Waals surface area contributed by atoms with Crippen molar-refractivity contribution in [3.05, 3.63) is 53.1 Å². The molecule has 0 aromatic heterocycles. The number of aliphatic carboxylic acids is 1. The lowest BCUT2D eigenvalue weighted by atomic mass is 9.46. The molecule has 3 saturated carbocycles. The molecule has 1 aromatic rings. The largest absolute Gasteiger partial charge is 0.478 e. The van der Waals surface area contributed by atoms with E-state index < -0.39 is 5.97 Å². The van der Waals surface area contributed by atoms with Crippen molar-refractivity contribution in [2.24, 2.45) is 46.3 Å². The van der Waals surface area contributed by atoms with Crippen LogP contribution >= 0.6 is 0 Å². The van der Waals surface area contributed by atoms with Gasteiger partial charge >= 0.3 is 5.97 Å². The number of allylic oxidation sites excluding steroid dienone is 2. The van der Waals surface area contributed by atoms with E-state index in [1.54, 1.807) is 11.6 Å². The molecule has 38 heavy (non-hydrogen) atoms. The van der Waals surface area contributed by atoms with Crippen LogP contribution in [0.5, 0.6) is 0 Å². The average molecular weight is 517 g/mol. The Labute approximate surface area is 232 Å². The molecule has 1 N–H and O–H groups in total. The Balaban J connectivity index is 1.32. The van der Waals surface area contributed by atoms with Crippen molar-refractivity contribution in [3.63, 3.8) is 0 Å². The highest BCUT2D eigenvalue weighted by molar-refractivity contribution is 5.85.